The van der Waals surface area contributed by atoms with E-state index < -0.39 is 12.6 Å². The third-order valence-corrected chi connectivity index (χ3v) is 5.44. The first-order chi connectivity index (χ1) is 14.9. The molecule has 6 heteroatoms. The van der Waals surface area contributed by atoms with Gasteiger partial charge in [-0.25, -0.2) is 0 Å². The van der Waals surface area contributed by atoms with Gasteiger partial charge >= 0.3 is 6.18 Å². The molecule has 0 amide bonds. The van der Waals surface area contributed by atoms with Crippen LogP contribution in [-0.4, -0.2) is 32.1 Å². The molecule has 31 heavy (non-hydrogen) atoms. The normalized spacial score (nSPS) is 19.4. The van der Waals surface area contributed by atoms with E-state index in [2.05, 4.69) is 19.1 Å². The second-order valence-electron chi connectivity index (χ2n) is 7.99. The average Bonchev–Trinajstić information content (AvgIpc) is 2.77. The minimum atomic E-state index is -4.13. The van der Waals surface area contributed by atoms with E-state index in [1.54, 1.807) is 12.1 Å². The summed E-state index contributed by atoms with van der Waals surface area (Å²) in [5, 5.41) is 0. The van der Waals surface area contributed by atoms with Crippen LogP contribution in [-0.2, 0) is 9.47 Å². The summed E-state index contributed by atoms with van der Waals surface area (Å²) in [7, 11) is 0. The van der Waals surface area contributed by atoms with Crippen LogP contribution in [0.1, 0.15) is 57.1 Å². The van der Waals surface area contributed by atoms with Crippen molar-refractivity contribution in [3.8, 4) is 16.9 Å². The van der Waals surface area contributed by atoms with E-state index in [-0.39, 0.29) is 25.2 Å². The lowest BCUT2D eigenvalue weighted by Crippen LogP contribution is -2.31. The lowest BCUT2D eigenvalue weighted by atomic mass is 10.0. The van der Waals surface area contributed by atoms with Crippen LogP contribution < -0.4 is 4.74 Å². The van der Waals surface area contributed by atoms with Gasteiger partial charge < -0.3 is 14.2 Å². The SMILES string of the molecule is CCCCC[C@@H]1CO[C@@H](c2ccc(-c3ccc(OCCCC(F)(F)F)cc3)cc2)CO1. The highest BCUT2D eigenvalue weighted by Crippen LogP contribution is 2.28. The largest absolute Gasteiger partial charge is 0.494 e. The maximum atomic E-state index is 12.2. The quantitative estimate of drug-likeness (QED) is 0.371. The molecular formula is C25H31F3O3. The first-order valence-corrected chi connectivity index (χ1v) is 11.1. The van der Waals surface area contributed by atoms with E-state index in [0.29, 0.717) is 19.0 Å². The molecular weight excluding hydrogens is 405 g/mol. The van der Waals surface area contributed by atoms with Crippen LogP contribution >= 0.6 is 0 Å². The zero-order chi connectivity index (χ0) is 22.1. The van der Waals surface area contributed by atoms with Crippen LogP contribution in [0.2, 0.25) is 0 Å². The number of unbranched alkanes of at least 4 members (excludes halogenated alkanes) is 2. The Bertz CT molecular complexity index is 764. The van der Waals surface area contributed by atoms with Crippen LogP contribution in [0.3, 0.4) is 0 Å². The van der Waals surface area contributed by atoms with Crippen molar-refractivity contribution in [2.75, 3.05) is 19.8 Å². The fourth-order valence-corrected chi connectivity index (χ4v) is 3.62. The fourth-order valence-electron chi connectivity index (χ4n) is 3.62. The highest BCUT2D eigenvalue weighted by Gasteiger charge is 2.26. The topological polar surface area (TPSA) is 27.7 Å². The Morgan fingerprint density at radius 1 is 0.871 bits per heavy atom. The molecule has 0 aromatic heterocycles. The maximum Gasteiger partial charge on any atom is 0.389 e. The number of hydrogen-bond donors (Lipinski definition) is 0. The van der Waals surface area contributed by atoms with Crippen molar-refractivity contribution in [3.63, 3.8) is 0 Å². The summed E-state index contributed by atoms with van der Waals surface area (Å²) in [6.07, 6.45) is -0.157. The first kappa shape index (κ1) is 23.6. The van der Waals surface area contributed by atoms with Gasteiger partial charge in [0.15, 0.2) is 0 Å². The zero-order valence-corrected chi connectivity index (χ0v) is 18.0. The number of benzene rings is 2. The van der Waals surface area contributed by atoms with Crippen LogP contribution in [0.4, 0.5) is 13.2 Å². The summed E-state index contributed by atoms with van der Waals surface area (Å²) < 4.78 is 53.9. The number of rotatable bonds is 10. The minimum absolute atomic E-state index is 0.0380. The van der Waals surface area contributed by atoms with Crippen molar-refractivity contribution < 1.29 is 27.4 Å². The van der Waals surface area contributed by atoms with E-state index in [9.17, 15) is 13.2 Å². The summed E-state index contributed by atoms with van der Waals surface area (Å²) in [6.45, 7) is 3.47. The molecule has 2 atom stereocenters. The van der Waals surface area contributed by atoms with Crippen molar-refractivity contribution in [1.29, 1.82) is 0 Å². The Hall–Kier alpha value is -2.05. The first-order valence-electron chi connectivity index (χ1n) is 11.1. The van der Waals surface area contributed by atoms with Crippen LogP contribution in [0, 0.1) is 0 Å². The molecule has 2 aromatic rings. The zero-order valence-electron chi connectivity index (χ0n) is 18.0. The standard InChI is InChI=1S/C25H31F3O3/c1-2-3-4-6-23-17-31-24(18-30-23)21-9-7-19(8-10-21)20-11-13-22(14-12-20)29-16-5-15-25(26,27)28/h7-14,23-24H,2-6,15-18H2,1H3/t23-,24-/m1/s1. The van der Waals surface area contributed by atoms with Crippen molar-refractivity contribution in [2.45, 2.75) is 63.8 Å². The van der Waals surface area contributed by atoms with Gasteiger partial charge in [-0.15, -0.1) is 0 Å². The Balaban J connectivity index is 1.47. The molecule has 170 valence electrons. The summed E-state index contributed by atoms with van der Waals surface area (Å²) in [5.74, 6) is 0.573. The van der Waals surface area contributed by atoms with Crippen molar-refractivity contribution in [3.05, 3.63) is 54.1 Å². The highest BCUT2D eigenvalue weighted by atomic mass is 19.4. The Morgan fingerprint density at radius 3 is 2.13 bits per heavy atom. The third-order valence-electron chi connectivity index (χ3n) is 5.44. The molecule has 0 bridgehead atoms. The molecule has 3 nitrogen and oxygen atoms in total. The summed E-state index contributed by atoms with van der Waals surface area (Å²) in [5.41, 5.74) is 3.17. The molecule has 1 heterocycles. The molecule has 0 radical (unpaired) electrons. The lowest BCUT2D eigenvalue weighted by molar-refractivity contribution is -0.137. The summed E-state index contributed by atoms with van der Waals surface area (Å²) in [6, 6.07) is 15.6. The second kappa shape index (κ2) is 11.5. The smallest absolute Gasteiger partial charge is 0.389 e. The second-order valence-corrected chi connectivity index (χ2v) is 7.99. The van der Waals surface area contributed by atoms with Crippen LogP contribution in [0.15, 0.2) is 48.5 Å². The third kappa shape index (κ3) is 7.86. The molecule has 1 saturated heterocycles. The van der Waals surface area contributed by atoms with Gasteiger partial charge in [0.25, 0.3) is 0 Å². The van der Waals surface area contributed by atoms with Gasteiger partial charge in [0.1, 0.15) is 11.9 Å². The molecule has 1 aliphatic rings. The molecule has 2 aromatic carbocycles. The van der Waals surface area contributed by atoms with Crippen molar-refractivity contribution >= 4 is 0 Å². The number of alkyl halides is 3. The number of ether oxygens (including phenoxy) is 3. The van der Waals surface area contributed by atoms with Crippen molar-refractivity contribution in [1.82, 2.24) is 0 Å². The lowest BCUT2D eigenvalue weighted by Gasteiger charge is -2.30. The van der Waals surface area contributed by atoms with E-state index in [0.717, 1.165) is 23.1 Å². The molecule has 0 aliphatic carbocycles. The number of hydrogen-bond acceptors (Lipinski definition) is 3. The van der Waals surface area contributed by atoms with Crippen molar-refractivity contribution in [2.24, 2.45) is 0 Å². The van der Waals surface area contributed by atoms with Gasteiger partial charge in [-0.1, -0.05) is 62.6 Å². The Labute approximate surface area is 182 Å². The molecule has 0 N–H and O–H groups in total. The van der Waals surface area contributed by atoms with E-state index >= 15 is 0 Å². The summed E-state index contributed by atoms with van der Waals surface area (Å²) >= 11 is 0. The monoisotopic (exact) mass is 436 g/mol. The minimum Gasteiger partial charge on any atom is -0.494 e. The highest BCUT2D eigenvalue weighted by molar-refractivity contribution is 5.64. The average molecular weight is 437 g/mol. The summed E-state index contributed by atoms with van der Waals surface area (Å²) in [4.78, 5) is 0. The van der Waals surface area contributed by atoms with E-state index in [1.807, 2.05) is 24.3 Å². The Morgan fingerprint density at radius 2 is 1.55 bits per heavy atom. The van der Waals surface area contributed by atoms with E-state index in [4.69, 9.17) is 14.2 Å². The predicted molar refractivity (Wildman–Crippen MR) is 115 cm³/mol. The molecule has 0 unspecified atom stereocenters. The predicted octanol–water partition coefficient (Wildman–Crippen LogP) is 7.11. The van der Waals surface area contributed by atoms with Gasteiger partial charge in [0.05, 0.1) is 25.9 Å². The fraction of sp³-hybridized carbons (Fsp3) is 0.520. The van der Waals surface area contributed by atoms with Gasteiger partial charge in [-0.2, -0.15) is 13.2 Å². The van der Waals surface area contributed by atoms with Gasteiger partial charge in [0, 0.05) is 6.42 Å². The number of halogens is 3. The van der Waals surface area contributed by atoms with E-state index in [1.165, 1.54) is 19.3 Å². The van der Waals surface area contributed by atoms with Crippen LogP contribution in [0.5, 0.6) is 5.75 Å². The molecule has 1 aliphatic heterocycles. The van der Waals surface area contributed by atoms with Gasteiger partial charge in [-0.05, 0) is 41.7 Å². The van der Waals surface area contributed by atoms with Crippen LogP contribution in [0.25, 0.3) is 11.1 Å². The molecule has 1 fully saturated rings. The molecule has 0 spiro atoms. The molecule has 3 rings (SSSR count). The molecule has 0 saturated carbocycles. The van der Waals surface area contributed by atoms with Gasteiger partial charge in [0.2, 0.25) is 0 Å². The van der Waals surface area contributed by atoms with Gasteiger partial charge in [-0.3, -0.25) is 0 Å². The Kier molecular flexibility index (Phi) is 8.79. The maximum absolute atomic E-state index is 12.2.